The van der Waals surface area contributed by atoms with Crippen LogP contribution < -0.4 is 11.1 Å². The Bertz CT molecular complexity index is 576. The minimum atomic E-state index is 0.0329. The van der Waals surface area contributed by atoms with Crippen LogP contribution in [0.2, 0.25) is 0 Å². The second kappa shape index (κ2) is 6.09. The minimum absolute atomic E-state index is 0.0329. The highest BCUT2D eigenvalue weighted by Crippen LogP contribution is 2.22. The summed E-state index contributed by atoms with van der Waals surface area (Å²) in [5, 5.41) is 7.39. The lowest BCUT2D eigenvalue weighted by molar-refractivity contribution is 0.0268. The number of rotatable bonds is 5. The molecule has 1 atom stereocenters. The Morgan fingerprint density at radius 1 is 1.38 bits per heavy atom. The van der Waals surface area contributed by atoms with Gasteiger partial charge in [0.1, 0.15) is 5.82 Å². The molecule has 0 bridgehead atoms. The van der Waals surface area contributed by atoms with E-state index in [2.05, 4.69) is 41.2 Å². The van der Waals surface area contributed by atoms with Crippen LogP contribution in [0.15, 0.2) is 24.5 Å². The van der Waals surface area contributed by atoms with Crippen molar-refractivity contribution in [2.75, 3.05) is 24.7 Å². The summed E-state index contributed by atoms with van der Waals surface area (Å²) in [7, 11) is 1.71. The van der Waals surface area contributed by atoms with Crippen LogP contribution >= 0.6 is 0 Å². The molecule has 0 saturated heterocycles. The molecular formula is C14H22N6O. The summed E-state index contributed by atoms with van der Waals surface area (Å²) in [6.45, 7) is 7.03. The molecule has 7 nitrogen and oxygen atoms in total. The average molecular weight is 290 g/mol. The number of nitrogens with one attached hydrogen (secondary N) is 1. The fourth-order valence-corrected chi connectivity index (χ4v) is 2.01. The van der Waals surface area contributed by atoms with Gasteiger partial charge in [-0.2, -0.15) is 15.1 Å². The molecule has 7 heteroatoms. The number of hydrogen-bond donors (Lipinski definition) is 2. The molecule has 0 aliphatic heterocycles. The van der Waals surface area contributed by atoms with Gasteiger partial charge in [0.25, 0.3) is 0 Å². The van der Waals surface area contributed by atoms with E-state index in [9.17, 15) is 0 Å². The summed E-state index contributed by atoms with van der Waals surface area (Å²) in [6.07, 6.45) is 3.55. The lowest BCUT2D eigenvalue weighted by Crippen LogP contribution is -2.35. The lowest BCUT2D eigenvalue weighted by Gasteiger charge is -2.29. The van der Waals surface area contributed by atoms with Crippen molar-refractivity contribution in [3.05, 3.63) is 24.5 Å². The zero-order valence-corrected chi connectivity index (χ0v) is 12.9. The third-order valence-electron chi connectivity index (χ3n) is 3.19. The van der Waals surface area contributed by atoms with Crippen LogP contribution in [0, 0.1) is 5.41 Å². The Kier molecular flexibility index (Phi) is 4.42. The average Bonchev–Trinajstić information content (AvgIpc) is 2.91. The van der Waals surface area contributed by atoms with E-state index in [1.54, 1.807) is 30.3 Å². The predicted molar refractivity (Wildman–Crippen MR) is 82.3 cm³/mol. The lowest BCUT2D eigenvalue weighted by atomic mass is 9.89. The summed E-state index contributed by atoms with van der Waals surface area (Å²) in [5.41, 5.74) is 5.79. The van der Waals surface area contributed by atoms with Gasteiger partial charge in [-0.15, -0.1) is 0 Å². The van der Waals surface area contributed by atoms with Crippen molar-refractivity contribution in [1.82, 2.24) is 19.7 Å². The number of ether oxygens (including phenoxy) is 1. The Hall–Kier alpha value is -2.15. The van der Waals surface area contributed by atoms with Crippen molar-refractivity contribution in [3.8, 4) is 5.82 Å². The molecular weight excluding hydrogens is 268 g/mol. The Labute approximate surface area is 124 Å². The number of anilines is 2. The molecule has 0 aromatic carbocycles. The van der Waals surface area contributed by atoms with E-state index in [0.29, 0.717) is 18.2 Å². The van der Waals surface area contributed by atoms with Gasteiger partial charge < -0.3 is 15.8 Å². The highest BCUT2D eigenvalue weighted by molar-refractivity contribution is 5.45. The maximum Gasteiger partial charge on any atom is 0.224 e. The number of methoxy groups -OCH3 is 1. The number of nitrogens with zero attached hydrogens (tertiary/aromatic N) is 4. The fourth-order valence-electron chi connectivity index (χ4n) is 2.01. The maximum absolute atomic E-state index is 5.76. The van der Waals surface area contributed by atoms with Gasteiger partial charge in [-0.3, -0.25) is 0 Å². The summed E-state index contributed by atoms with van der Waals surface area (Å²) < 4.78 is 7.15. The van der Waals surface area contributed by atoms with E-state index >= 15 is 0 Å². The SMILES string of the molecule is CO[C@H](CNc1cc(-n2cccn2)nc(N)n1)C(C)(C)C. The van der Waals surface area contributed by atoms with Gasteiger partial charge in [0, 0.05) is 32.1 Å². The van der Waals surface area contributed by atoms with Gasteiger partial charge in [0.2, 0.25) is 5.95 Å². The maximum atomic E-state index is 5.76. The van der Waals surface area contributed by atoms with Crippen molar-refractivity contribution < 1.29 is 4.74 Å². The highest BCUT2D eigenvalue weighted by atomic mass is 16.5. The number of nitrogens with two attached hydrogens (primary N) is 1. The van der Waals surface area contributed by atoms with E-state index in [4.69, 9.17) is 10.5 Å². The summed E-state index contributed by atoms with van der Waals surface area (Å²) >= 11 is 0. The second-order valence-electron chi connectivity index (χ2n) is 5.89. The first-order chi connectivity index (χ1) is 9.90. The number of hydrogen-bond acceptors (Lipinski definition) is 6. The molecule has 0 aliphatic carbocycles. The molecule has 3 N–H and O–H groups in total. The number of nitrogen functional groups attached to an aromatic ring is 1. The molecule has 2 aromatic heterocycles. The van der Waals surface area contributed by atoms with E-state index in [0.717, 1.165) is 0 Å². The standard InChI is InChI=1S/C14H22N6O/c1-14(2,3)10(21-4)9-16-11-8-12(19-13(15)18-11)20-7-5-6-17-20/h5-8,10H,9H2,1-4H3,(H3,15,16,18,19)/t10-/m1/s1. The van der Waals surface area contributed by atoms with Crippen LogP contribution in [0.4, 0.5) is 11.8 Å². The molecule has 0 radical (unpaired) electrons. The molecule has 0 unspecified atom stereocenters. The molecule has 0 amide bonds. The molecule has 0 aliphatic rings. The summed E-state index contributed by atoms with van der Waals surface area (Å²) in [6, 6.07) is 3.63. The largest absolute Gasteiger partial charge is 0.379 e. The van der Waals surface area contributed by atoms with E-state index in [1.807, 2.05) is 6.07 Å². The van der Waals surface area contributed by atoms with E-state index < -0.39 is 0 Å². The van der Waals surface area contributed by atoms with Gasteiger partial charge in [-0.25, -0.2) is 4.68 Å². The van der Waals surface area contributed by atoms with Gasteiger partial charge in [-0.05, 0) is 11.5 Å². The van der Waals surface area contributed by atoms with Gasteiger partial charge in [0.05, 0.1) is 6.10 Å². The van der Waals surface area contributed by atoms with Crippen LogP contribution in [-0.4, -0.2) is 39.5 Å². The zero-order valence-electron chi connectivity index (χ0n) is 12.9. The first kappa shape index (κ1) is 15.2. The smallest absolute Gasteiger partial charge is 0.224 e. The Balaban J connectivity index is 2.14. The van der Waals surface area contributed by atoms with Crippen LogP contribution in [0.5, 0.6) is 0 Å². The highest BCUT2D eigenvalue weighted by Gasteiger charge is 2.24. The number of aromatic nitrogens is 4. The van der Waals surface area contributed by atoms with Crippen LogP contribution in [0.1, 0.15) is 20.8 Å². The van der Waals surface area contributed by atoms with Crippen molar-refractivity contribution in [3.63, 3.8) is 0 Å². The molecule has 114 valence electrons. The van der Waals surface area contributed by atoms with Crippen LogP contribution in [0.3, 0.4) is 0 Å². The van der Waals surface area contributed by atoms with Crippen LogP contribution in [0.25, 0.3) is 5.82 Å². The normalized spacial score (nSPS) is 13.1. The third kappa shape index (κ3) is 3.91. The molecule has 0 saturated carbocycles. The van der Waals surface area contributed by atoms with E-state index in [-0.39, 0.29) is 17.5 Å². The van der Waals surface area contributed by atoms with Crippen molar-refractivity contribution >= 4 is 11.8 Å². The first-order valence-electron chi connectivity index (χ1n) is 6.81. The zero-order chi connectivity index (χ0) is 15.5. The Morgan fingerprint density at radius 3 is 2.71 bits per heavy atom. The molecule has 2 rings (SSSR count). The molecule has 21 heavy (non-hydrogen) atoms. The molecule has 0 spiro atoms. The Morgan fingerprint density at radius 2 is 2.14 bits per heavy atom. The summed E-state index contributed by atoms with van der Waals surface area (Å²) in [4.78, 5) is 8.36. The minimum Gasteiger partial charge on any atom is -0.379 e. The first-order valence-corrected chi connectivity index (χ1v) is 6.81. The fraction of sp³-hybridized carbons (Fsp3) is 0.500. The monoisotopic (exact) mass is 290 g/mol. The second-order valence-corrected chi connectivity index (χ2v) is 5.89. The topological polar surface area (TPSA) is 90.9 Å². The van der Waals surface area contributed by atoms with Gasteiger partial charge >= 0.3 is 0 Å². The third-order valence-corrected chi connectivity index (χ3v) is 3.19. The van der Waals surface area contributed by atoms with Crippen molar-refractivity contribution in [1.29, 1.82) is 0 Å². The predicted octanol–water partition coefficient (Wildman–Crippen LogP) is 1.72. The van der Waals surface area contributed by atoms with E-state index in [1.165, 1.54) is 0 Å². The molecule has 2 aromatic rings. The van der Waals surface area contributed by atoms with Crippen molar-refractivity contribution in [2.24, 2.45) is 5.41 Å². The molecule has 0 fully saturated rings. The van der Waals surface area contributed by atoms with Gasteiger partial charge in [-0.1, -0.05) is 20.8 Å². The quantitative estimate of drug-likeness (QED) is 0.871. The van der Waals surface area contributed by atoms with Crippen molar-refractivity contribution in [2.45, 2.75) is 26.9 Å². The summed E-state index contributed by atoms with van der Waals surface area (Å²) in [5.74, 6) is 1.48. The molecule has 2 heterocycles. The van der Waals surface area contributed by atoms with Gasteiger partial charge in [0.15, 0.2) is 5.82 Å². The van der Waals surface area contributed by atoms with Crippen LogP contribution in [-0.2, 0) is 4.74 Å².